The van der Waals surface area contributed by atoms with Crippen LogP contribution in [0.4, 0.5) is 5.82 Å². The van der Waals surface area contributed by atoms with Crippen LogP contribution in [-0.4, -0.2) is 26.4 Å². The molecule has 2 aromatic carbocycles. The van der Waals surface area contributed by atoms with Gasteiger partial charge in [0.25, 0.3) is 0 Å². The van der Waals surface area contributed by atoms with Crippen LogP contribution in [0.25, 0.3) is 16.6 Å². The molecule has 0 aliphatic carbocycles. The Hall–Kier alpha value is -3.29. The second-order valence-electron chi connectivity index (χ2n) is 7.17. The lowest BCUT2D eigenvalue weighted by Gasteiger charge is -2.18. The van der Waals surface area contributed by atoms with Gasteiger partial charge in [0.1, 0.15) is 11.6 Å². The molecule has 0 amide bonds. The van der Waals surface area contributed by atoms with Crippen LogP contribution >= 0.6 is 0 Å². The van der Waals surface area contributed by atoms with Crippen LogP contribution in [0.5, 0.6) is 0 Å². The summed E-state index contributed by atoms with van der Waals surface area (Å²) >= 11 is 0. The van der Waals surface area contributed by atoms with E-state index in [0.29, 0.717) is 37.8 Å². The van der Waals surface area contributed by atoms with Crippen molar-refractivity contribution in [2.75, 3.05) is 12.3 Å². The predicted molar refractivity (Wildman–Crippen MR) is 112 cm³/mol. The minimum Gasteiger partial charge on any atom is -0.383 e. The molecule has 0 saturated heterocycles. The zero-order valence-corrected chi connectivity index (χ0v) is 16.0. The van der Waals surface area contributed by atoms with Crippen LogP contribution < -0.4 is 11.5 Å². The van der Waals surface area contributed by atoms with Crippen molar-refractivity contribution in [3.05, 3.63) is 76.9 Å². The van der Waals surface area contributed by atoms with E-state index in [1.807, 2.05) is 35.1 Å². The first kappa shape index (κ1) is 17.8. The first-order valence-corrected chi connectivity index (χ1v) is 9.70. The average Bonchev–Trinajstić information content (AvgIpc) is 3.18. The van der Waals surface area contributed by atoms with Gasteiger partial charge in [0.05, 0.1) is 36.3 Å². The molecule has 4 N–H and O–H groups in total. The molecule has 5 rings (SSSR count). The van der Waals surface area contributed by atoms with Crippen LogP contribution in [0, 0.1) is 0 Å². The number of nitrogens with two attached hydrogens (primary N) is 2. The van der Waals surface area contributed by atoms with E-state index < -0.39 is 0 Å². The normalized spacial score (nSPS) is 13.6. The number of rotatable bonds is 4. The van der Waals surface area contributed by atoms with Crippen LogP contribution in [0.1, 0.15) is 28.2 Å². The van der Waals surface area contributed by atoms with Crippen molar-refractivity contribution in [3.8, 4) is 5.69 Å². The molecule has 4 aromatic rings. The number of hydrogen-bond donors (Lipinski definition) is 2. The summed E-state index contributed by atoms with van der Waals surface area (Å²) in [4.78, 5) is 9.28. The summed E-state index contributed by atoms with van der Waals surface area (Å²) in [5, 5.41) is 5.71. The number of nitrogens with zero attached hydrogens (tertiary/aromatic N) is 4. The molecular weight excluding hydrogens is 364 g/mol. The molecule has 0 radical (unpaired) electrons. The van der Waals surface area contributed by atoms with E-state index in [2.05, 4.69) is 28.3 Å². The molecule has 0 fully saturated rings. The number of nitrogen functional groups attached to an aromatic ring is 1. The SMILES string of the molecule is NCc1cccc2c1cnn2-c1ccccc1Cc1nc(N)c2c(n1)COCC2. The van der Waals surface area contributed by atoms with E-state index in [1.54, 1.807) is 0 Å². The predicted octanol–water partition coefficient (Wildman–Crippen LogP) is 2.52. The third kappa shape index (κ3) is 3.14. The molecule has 0 atom stereocenters. The van der Waals surface area contributed by atoms with E-state index in [-0.39, 0.29) is 0 Å². The van der Waals surface area contributed by atoms with Crippen molar-refractivity contribution in [3.63, 3.8) is 0 Å². The summed E-state index contributed by atoms with van der Waals surface area (Å²) in [5.41, 5.74) is 18.2. The fourth-order valence-electron chi connectivity index (χ4n) is 3.93. The standard InChI is InChI=1S/C22H22N6O/c23-11-15-5-3-7-20-17(15)12-25-28(20)19-6-2-1-4-14(19)10-21-26-18-13-29-9-8-16(18)22(24)27-21/h1-7,12H,8-11,13,23H2,(H2,24,26,27). The molecule has 7 heteroatoms. The molecule has 1 aliphatic heterocycles. The Balaban J connectivity index is 1.57. The van der Waals surface area contributed by atoms with Crippen molar-refractivity contribution >= 4 is 16.7 Å². The maximum absolute atomic E-state index is 6.20. The maximum atomic E-state index is 6.20. The summed E-state index contributed by atoms with van der Waals surface area (Å²) < 4.78 is 7.49. The van der Waals surface area contributed by atoms with Crippen molar-refractivity contribution in [1.29, 1.82) is 0 Å². The monoisotopic (exact) mass is 386 g/mol. The third-order valence-electron chi connectivity index (χ3n) is 5.40. The number of anilines is 1. The second kappa shape index (κ2) is 7.27. The fraction of sp³-hybridized carbons (Fsp3) is 0.227. The average molecular weight is 386 g/mol. The molecule has 0 saturated carbocycles. The second-order valence-corrected chi connectivity index (χ2v) is 7.17. The van der Waals surface area contributed by atoms with Gasteiger partial charge in [0.15, 0.2) is 0 Å². The molecule has 146 valence electrons. The zero-order chi connectivity index (χ0) is 19.8. The topological polar surface area (TPSA) is 105 Å². The molecule has 3 heterocycles. The highest BCUT2D eigenvalue weighted by Crippen LogP contribution is 2.26. The first-order valence-electron chi connectivity index (χ1n) is 9.70. The third-order valence-corrected chi connectivity index (χ3v) is 5.40. The van der Waals surface area contributed by atoms with Crippen molar-refractivity contribution in [2.24, 2.45) is 5.73 Å². The lowest BCUT2D eigenvalue weighted by atomic mass is 10.1. The largest absolute Gasteiger partial charge is 0.383 e. The van der Waals surface area contributed by atoms with Crippen LogP contribution in [0.15, 0.2) is 48.7 Å². The van der Waals surface area contributed by atoms with Crippen LogP contribution in [0.3, 0.4) is 0 Å². The van der Waals surface area contributed by atoms with Crippen molar-refractivity contribution in [1.82, 2.24) is 19.7 Å². The highest BCUT2D eigenvalue weighted by atomic mass is 16.5. The molecule has 29 heavy (non-hydrogen) atoms. The molecule has 0 unspecified atom stereocenters. The lowest BCUT2D eigenvalue weighted by Crippen LogP contribution is -2.17. The van der Waals surface area contributed by atoms with E-state index in [4.69, 9.17) is 21.2 Å². The highest BCUT2D eigenvalue weighted by molar-refractivity contribution is 5.84. The van der Waals surface area contributed by atoms with Crippen molar-refractivity contribution < 1.29 is 4.74 Å². The van der Waals surface area contributed by atoms with Crippen LogP contribution in [-0.2, 0) is 30.7 Å². The van der Waals surface area contributed by atoms with Gasteiger partial charge in [-0.05, 0) is 23.3 Å². The summed E-state index contributed by atoms with van der Waals surface area (Å²) in [6.07, 6.45) is 3.20. The van der Waals surface area contributed by atoms with Gasteiger partial charge in [-0.3, -0.25) is 0 Å². The molecular formula is C22H22N6O. The van der Waals surface area contributed by atoms with Gasteiger partial charge in [-0.15, -0.1) is 0 Å². The maximum Gasteiger partial charge on any atom is 0.135 e. The van der Waals surface area contributed by atoms with Crippen molar-refractivity contribution in [2.45, 2.75) is 26.0 Å². The minimum absolute atomic E-state index is 0.481. The number of para-hydroxylation sites is 1. The summed E-state index contributed by atoms with van der Waals surface area (Å²) in [6.45, 7) is 1.64. The summed E-state index contributed by atoms with van der Waals surface area (Å²) in [6, 6.07) is 14.3. The first-order chi connectivity index (χ1) is 14.2. The Bertz CT molecular complexity index is 1200. The molecule has 7 nitrogen and oxygen atoms in total. The van der Waals surface area contributed by atoms with E-state index >= 15 is 0 Å². The van der Waals surface area contributed by atoms with E-state index in [1.165, 1.54) is 0 Å². The van der Waals surface area contributed by atoms with Crippen LogP contribution in [0.2, 0.25) is 0 Å². The quantitative estimate of drug-likeness (QED) is 0.558. The Morgan fingerprint density at radius 1 is 1.03 bits per heavy atom. The Morgan fingerprint density at radius 2 is 1.90 bits per heavy atom. The number of ether oxygens (including phenoxy) is 1. The number of hydrogen-bond acceptors (Lipinski definition) is 6. The Morgan fingerprint density at radius 3 is 2.79 bits per heavy atom. The molecule has 0 bridgehead atoms. The van der Waals surface area contributed by atoms with Gasteiger partial charge < -0.3 is 16.2 Å². The number of benzene rings is 2. The molecule has 1 aliphatic rings. The van der Waals surface area contributed by atoms with Gasteiger partial charge in [0, 0.05) is 30.3 Å². The summed E-state index contributed by atoms with van der Waals surface area (Å²) in [5.74, 6) is 1.25. The molecule has 2 aromatic heterocycles. The molecule has 0 spiro atoms. The van der Waals surface area contributed by atoms with Gasteiger partial charge in [0.2, 0.25) is 0 Å². The highest BCUT2D eigenvalue weighted by Gasteiger charge is 2.18. The fourth-order valence-corrected chi connectivity index (χ4v) is 3.93. The van der Waals surface area contributed by atoms with E-state index in [9.17, 15) is 0 Å². The summed E-state index contributed by atoms with van der Waals surface area (Å²) in [7, 11) is 0. The zero-order valence-electron chi connectivity index (χ0n) is 16.0. The van der Waals surface area contributed by atoms with Gasteiger partial charge >= 0.3 is 0 Å². The number of aromatic nitrogens is 4. The lowest BCUT2D eigenvalue weighted by molar-refractivity contribution is 0.107. The van der Waals surface area contributed by atoms with Gasteiger partial charge in [-0.1, -0.05) is 30.3 Å². The van der Waals surface area contributed by atoms with E-state index in [0.717, 1.165) is 45.4 Å². The Kier molecular flexibility index (Phi) is 4.46. The minimum atomic E-state index is 0.481. The number of fused-ring (bicyclic) bond motifs is 2. The Labute approximate surface area is 168 Å². The smallest absolute Gasteiger partial charge is 0.135 e. The van der Waals surface area contributed by atoms with Gasteiger partial charge in [-0.2, -0.15) is 5.10 Å². The van der Waals surface area contributed by atoms with Gasteiger partial charge in [-0.25, -0.2) is 14.6 Å².